The van der Waals surface area contributed by atoms with Crippen LogP contribution in [0.4, 0.5) is 0 Å². The minimum absolute atomic E-state index is 0.331. The number of hydrogen-bond acceptors (Lipinski definition) is 2. The molecule has 0 bridgehead atoms. The van der Waals surface area contributed by atoms with Gasteiger partial charge in [0, 0.05) is 9.77 Å². The molecule has 1 rings (SSSR count). The van der Waals surface area contributed by atoms with E-state index in [1.165, 1.54) is 7.11 Å². The number of methoxy groups -OCH3 is 1. The molecule has 0 aliphatic carbocycles. The lowest BCUT2D eigenvalue weighted by atomic mass is 10.4. The first-order valence-corrected chi connectivity index (χ1v) is 3.74. The average Bonchev–Trinajstić information content (AvgIpc) is 2.34. The summed E-state index contributed by atoms with van der Waals surface area (Å²) in [6, 6.07) is 1.73. The van der Waals surface area contributed by atoms with E-state index >= 15 is 0 Å². The molecule has 54 valence electrons. The topological polar surface area (TPSA) is 42.1 Å². The highest BCUT2D eigenvalue weighted by Gasteiger charge is 2.05. The van der Waals surface area contributed by atoms with Gasteiger partial charge in [-0.3, -0.25) is 0 Å². The highest BCUT2D eigenvalue weighted by atomic mass is 127. The summed E-state index contributed by atoms with van der Waals surface area (Å²) in [5, 5.41) is 0. The molecule has 0 atom stereocenters. The van der Waals surface area contributed by atoms with Crippen molar-refractivity contribution in [3.05, 3.63) is 21.5 Å². The largest absolute Gasteiger partial charge is 0.464 e. The lowest BCUT2D eigenvalue weighted by molar-refractivity contribution is 0.0595. The second-order valence-corrected chi connectivity index (χ2v) is 2.97. The van der Waals surface area contributed by atoms with Gasteiger partial charge in [0.2, 0.25) is 0 Å². The maximum Gasteiger partial charge on any atom is 0.354 e. The van der Waals surface area contributed by atoms with Crippen molar-refractivity contribution >= 4 is 28.6 Å². The Balaban J connectivity index is 2.85. The molecule has 4 heteroatoms. The standard InChI is InChI=1S/C6H6INO2/c1-10-6(9)5-2-4(7)3-8-5/h2-3,8H,1H3. The number of carbonyl (C=O) groups is 1. The number of halogens is 1. The number of esters is 1. The molecule has 0 aliphatic heterocycles. The number of nitrogens with one attached hydrogen (secondary N) is 1. The fourth-order valence-corrected chi connectivity index (χ4v) is 1.06. The van der Waals surface area contributed by atoms with Crippen LogP contribution in [0.15, 0.2) is 12.3 Å². The third-order valence-corrected chi connectivity index (χ3v) is 1.68. The Bertz CT molecular complexity index is 244. The first-order chi connectivity index (χ1) is 4.74. The molecule has 3 nitrogen and oxygen atoms in total. The summed E-state index contributed by atoms with van der Waals surface area (Å²) in [6.07, 6.45) is 1.74. The third kappa shape index (κ3) is 1.50. The van der Waals surface area contributed by atoms with Crippen LogP contribution < -0.4 is 0 Å². The molecule has 0 saturated carbocycles. The summed E-state index contributed by atoms with van der Waals surface area (Å²) in [4.78, 5) is 13.5. The van der Waals surface area contributed by atoms with Crippen LogP contribution in [-0.4, -0.2) is 18.1 Å². The van der Waals surface area contributed by atoms with Gasteiger partial charge >= 0.3 is 5.97 Å². The molecular formula is C6H6INO2. The fourth-order valence-electron chi connectivity index (χ4n) is 0.596. The van der Waals surface area contributed by atoms with Crippen molar-refractivity contribution < 1.29 is 9.53 Å². The number of rotatable bonds is 1. The first kappa shape index (κ1) is 7.59. The normalized spacial score (nSPS) is 9.40. The first-order valence-electron chi connectivity index (χ1n) is 2.66. The van der Waals surface area contributed by atoms with Gasteiger partial charge in [0.15, 0.2) is 0 Å². The Morgan fingerprint density at radius 1 is 1.80 bits per heavy atom. The minimum atomic E-state index is -0.331. The molecule has 0 saturated heterocycles. The van der Waals surface area contributed by atoms with Crippen molar-refractivity contribution in [2.75, 3.05) is 7.11 Å². The van der Waals surface area contributed by atoms with Gasteiger partial charge in [0.1, 0.15) is 5.69 Å². The molecule has 0 aliphatic rings. The molecule has 1 N–H and O–H groups in total. The maximum absolute atomic E-state index is 10.8. The molecule has 0 amide bonds. The van der Waals surface area contributed by atoms with Crippen LogP contribution in [0, 0.1) is 3.57 Å². The fraction of sp³-hybridized carbons (Fsp3) is 0.167. The van der Waals surface area contributed by atoms with Gasteiger partial charge in [-0.25, -0.2) is 4.79 Å². The van der Waals surface area contributed by atoms with Crippen LogP contribution in [0.5, 0.6) is 0 Å². The Labute approximate surface area is 71.9 Å². The zero-order chi connectivity index (χ0) is 7.56. The minimum Gasteiger partial charge on any atom is -0.464 e. The summed E-state index contributed by atoms with van der Waals surface area (Å²) in [6.45, 7) is 0. The van der Waals surface area contributed by atoms with Crippen LogP contribution in [0.25, 0.3) is 0 Å². The van der Waals surface area contributed by atoms with Crippen molar-refractivity contribution in [3.63, 3.8) is 0 Å². The lowest BCUT2D eigenvalue weighted by Gasteiger charge is -1.91. The van der Waals surface area contributed by atoms with Gasteiger partial charge in [-0.2, -0.15) is 0 Å². The highest BCUT2D eigenvalue weighted by Crippen LogP contribution is 2.06. The van der Waals surface area contributed by atoms with Crippen molar-refractivity contribution in [1.82, 2.24) is 4.98 Å². The monoisotopic (exact) mass is 251 g/mol. The SMILES string of the molecule is COC(=O)c1cc(I)c[nH]1. The van der Waals surface area contributed by atoms with E-state index in [4.69, 9.17) is 0 Å². The summed E-state index contributed by atoms with van der Waals surface area (Å²) < 4.78 is 5.47. The van der Waals surface area contributed by atoms with Crippen molar-refractivity contribution in [3.8, 4) is 0 Å². The molecule has 10 heavy (non-hydrogen) atoms. The van der Waals surface area contributed by atoms with E-state index in [1.54, 1.807) is 12.3 Å². The van der Waals surface area contributed by atoms with Gasteiger partial charge in [-0.05, 0) is 28.7 Å². The lowest BCUT2D eigenvalue weighted by Crippen LogP contribution is -2.00. The van der Waals surface area contributed by atoms with E-state index in [1.807, 2.05) is 0 Å². The Morgan fingerprint density at radius 3 is 2.90 bits per heavy atom. The van der Waals surface area contributed by atoms with Crippen LogP contribution in [-0.2, 0) is 4.74 Å². The molecule has 0 unspecified atom stereocenters. The van der Waals surface area contributed by atoms with E-state index < -0.39 is 0 Å². The Hall–Kier alpha value is -0.520. The zero-order valence-corrected chi connectivity index (χ0v) is 7.51. The highest BCUT2D eigenvalue weighted by molar-refractivity contribution is 14.1. The van der Waals surface area contributed by atoms with Crippen LogP contribution in [0.2, 0.25) is 0 Å². The molecular weight excluding hydrogens is 245 g/mol. The second kappa shape index (κ2) is 3.05. The number of ether oxygens (including phenoxy) is 1. The predicted octanol–water partition coefficient (Wildman–Crippen LogP) is 1.41. The summed E-state index contributed by atoms with van der Waals surface area (Å²) >= 11 is 2.11. The second-order valence-electron chi connectivity index (χ2n) is 1.72. The van der Waals surface area contributed by atoms with Crippen molar-refractivity contribution in [2.45, 2.75) is 0 Å². The van der Waals surface area contributed by atoms with E-state index in [2.05, 4.69) is 32.3 Å². The smallest absolute Gasteiger partial charge is 0.354 e. The number of H-pyrrole nitrogens is 1. The average molecular weight is 251 g/mol. The maximum atomic E-state index is 10.8. The summed E-state index contributed by atoms with van der Waals surface area (Å²) in [5.74, 6) is -0.331. The van der Waals surface area contributed by atoms with Crippen LogP contribution in [0.3, 0.4) is 0 Å². The van der Waals surface area contributed by atoms with E-state index in [-0.39, 0.29) is 5.97 Å². The van der Waals surface area contributed by atoms with Gasteiger partial charge < -0.3 is 9.72 Å². The molecule has 1 aromatic rings. The number of aromatic amines is 1. The third-order valence-electron chi connectivity index (χ3n) is 1.05. The Kier molecular flexibility index (Phi) is 2.31. The molecule has 0 spiro atoms. The molecule has 1 aromatic heterocycles. The number of aromatic nitrogens is 1. The van der Waals surface area contributed by atoms with Gasteiger partial charge in [0.25, 0.3) is 0 Å². The molecule has 0 fully saturated rings. The number of carbonyl (C=O) groups excluding carboxylic acids is 1. The molecule has 1 heterocycles. The van der Waals surface area contributed by atoms with E-state index in [0.717, 1.165) is 3.57 Å². The number of hydrogen-bond donors (Lipinski definition) is 1. The van der Waals surface area contributed by atoms with Crippen molar-refractivity contribution in [1.29, 1.82) is 0 Å². The van der Waals surface area contributed by atoms with Crippen LogP contribution >= 0.6 is 22.6 Å². The van der Waals surface area contributed by atoms with Gasteiger partial charge in [0.05, 0.1) is 7.11 Å². The van der Waals surface area contributed by atoms with Gasteiger partial charge in [-0.1, -0.05) is 0 Å². The van der Waals surface area contributed by atoms with E-state index in [0.29, 0.717) is 5.69 Å². The molecule has 0 radical (unpaired) electrons. The van der Waals surface area contributed by atoms with Crippen LogP contribution in [0.1, 0.15) is 10.5 Å². The summed E-state index contributed by atoms with van der Waals surface area (Å²) in [7, 11) is 1.36. The Morgan fingerprint density at radius 2 is 2.50 bits per heavy atom. The van der Waals surface area contributed by atoms with Gasteiger partial charge in [-0.15, -0.1) is 0 Å². The van der Waals surface area contributed by atoms with Crippen molar-refractivity contribution in [2.24, 2.45) is 0 Å². The molecule has 0 aromatic carbocycles. The zero-order valence-electron chi connectivity index (χ0n) is 5.35. The van der Waals surface area contributed by atoms with E-state index in [9.17, 15) is 4.79 Å². The quantitative estimate of drug-likeness (QED) is 0.605. The summed E-state index contributed by atoms with van der Waals surface area (Å²) in [5.41, 5.74) is 0.493. The predicted molar refractivity (Wildman–Crippen MR) is 44.8 cm³/mol.